The SMILES string of the molecule is CSc1[nH]c(=O)cc(C)c1C. The predicted molar refractivity (Wildman–Crippen MR) is 48.3 cm³/mol. The molecule has 60 valence electrons. The van der Waals surface area contributed by atoms with Crippen molar-refractivity contribution >= 4 is 11.8 Å². The summed E-state index contributed by atoms with van der Waals surface area (Å²) in [5.74, 6) is 0. The number of thioether (sulfide) groups is 1. The van der Waals surface area contributed by atoms with Gasteiger partial charge in [0.05, 0.1) is 5.03 Å². The van der Waals surface area contributed by atoms with Crippen LogP contribution in [0.25, 0.3) is 0 Å². The molecule has 0 spiro atoms. The van der Waals surface area contributed by atoms with Gasteiger partial charge in [0.1, 0.15) is 0 Å². The fourth-order valence-electron chi connectivity index (χ4n) is 0.930. The maximum Gasteiger partial charge on any atom is 0.249 e. The quantitative estimate of drug-likeness (QED) is 0.649. The summed E-state index contributed by atoms with van der Waals surface area (Å²) in [6.07, 6.45) is 1.96. The van der Waals surface area contributed by atoms with Crippen molar-refractivity contribution in [3.63, 3.8) is 0 Å². The Hall–Kier alpha value is -0.700. The summed E-state index contributed by atoms with van der Waals surface area (Å²) in [6.45, 7) is 3.96. The van der Waals surface area contributed by atoms with Gasteiger partial charge in [0, 0.05) is 6.07 Å². The predicted octanol–water partition coefficient (Wildman–Crippen LogP) is 1.71. The standard InChI is InChI=1S/C8H11NOS/c1-5-4-7(10)9-8(11-3)6(5)2/h4H,1-3H3,(H,9,10). The molecule has 1 rings (SSSR count). The summed E-state index contributed by atoms with van der Waals surface area (Å²) < 4.78 is 0. The Labute approximate surface area is 70.0 Å². The summed E-state index contributed by atoms with van der Waals surface area (Å²) in [5.41, 5.74) is 2.20. The van der Waals surface area contributed by atoms with Crippen molar-refractivity contribution in [3.8, 4) is 0 Å². The second-order valence-corrected chi connectivity index (χ2v) is 3.29. The summed E-state index contributed by atoms with van der Waals surface area (Å²) >= 11 is 1.57. The molecule has 0 atom stereocenters. The largest absolute Gasteiger partial charge is 0.317 e. The molecule has 0 unspecified atom stereocenters. The van der Waals surface area contributed by atoms with E-state index in [1.54, 1.807) is 17.8 Å². The number of aromatic nitrogens is 1. The Balaban J connectivity index is 3.36. The molecule has 3 heteroatoms. The van der Waals surface area contributed by atoms with E-state index in [1.165, 1.54) is 0 Å². The third kappa shape index (κ3) is 1.66. The monoisotopic (exact) mass is 169 g/mol. The van der Waals surface area contributed by atoms with E-state index in [-0.39, 0.29) is 5.56 Å². The molecule has 0 aromatic carbocycles. The molecule has 1 heterocycles. The first kappa shape index (κ1) is 8.40. The number of hydrogen-bond donors (Lipinski definition) is 1. The molecule has 0 aliphatic carbocycles. The Bertz CT molecular complexity index is 316. The third-order valence-corrected chi connectivity index (χ3v) is 2.54. The van der Waals surface area contributed by atoms with Crippen LogP contribution in [-0.2, 0) is 0 Å². The summed E-state index contributed by atoms with van der Waals surface area (Å²) in [6, 6.07) is 1.62. The maximum absolute atomic E-state index is 11.0. The van der Waals surface area contributed by atoms with Gasteiger partial charge in [0.25, 0.3) is 0 Å². The van der Waals surface area contributed by atoms with Gasteiger partial charge in [-0.05, 0) is 31.2 Å². The molecule has 0 bridgehead atoms. The number of pyridine rings is 1. The molecule has 2 nitrogen and oxygen atoms in total. The number of H-pyrrole nitrogens is 1. The zero-order valence-corrected chi connectivity index (χ0v) is 7.71. The summed E-state index contributed by atoms with van der Waals surface area (Å²) in [7, 11) is 0. The average Bonchev–Trinajstić information content (AvgIpc) is 1.96. The van der Waals surface area contributed by atoms with Crippen LogP contribution in [0.1, 0.15) is 11.1 Å². The zero-order chi connectivity index (χ0) is 8.43. The first-order valence-corrected chi connectivity index (χ1v) is 4.62. The van der Waals surface area contributed by atoms with Crippen LogP contribution in [0, 0.1) is 13.8 Å². The lowest BCUT2D eigenvalue weighted by Gasteiger charge is -2.03. The lowest BCUT2D eigenvalue weighted by molar-refractivity contribution is 1.02. The summed E-state index contributed by atoms with van der Waals surface area (Å²) in [5, 5.41) is 0.968. The van der Waals surface area contributed by atoms with Crippen LogP contribution in [0.3, 0.4) is 0 Å². The molecule has 1 N–H and O–H groups in total. The number of rotatable bonds is 1. The lowest BCUT2D eigenvalue weighted by atomic mass is 10.2. The Morgan fingerprint density at radius 2 is 2.09 bits per heavy atom. The van der Waals surface area contributed by atoms with Gasteiger partial charge in [-0.15, -0.1) is 11.8 Å². The minimum atomic E-state index is -0.0162. The van der Waals surface area contributed by atoms with Crippen LogP contribution >= 0.6 is 11.8 Å². The average molecular weight is 169 g/mol. The van der Waals surface area contributed by atoms with Gasteiger partial charge in [-0.3, -0.25) is 4.79 Å². The van der Waals surface area contributed by atoms with Gasteiger partial charge < -0.3 is 4.98 Å². The summed E-state index contributed by atoms with van der Waals surface area (Å²) in [4.78, 5) is 13.7. The lowest BCUT2D eigenvalue weighted by Crippen LogP contribution is -2.07. The van der Waals surface area contributed by atoms with E-state index in [9.17, 15) is 4.79 Å². The van der Waals surface area contributed by atoms with Crippen LogP contribution in [0.2, 0.25) is 0 Å². The van der Waals surface area contributed by atoms with Crippen molar-refractivity contribution in [2.75, 3.05) is 6.26 Å². The molecular weight excluding hydrogens is 158 g/mol. The maximum atomic E-state index is 11.0. The van der Waals surface area contributed by atoms with Crippen molar-refractivity contribution in [2.45, 2.75) is 18.9 Å². The molecule has 0 saturated carbocycles. The van der Waals surface area contributed by atoms with E-state index in [1.807, 2.05) is 20.1 Å². The van der Waals surface area contributed by atoms with Gasteiger partial charge in [-0.2, -0.15) is 0 Å². The van der Waals surface area contributed by atoms with Gasteiger partial charge in [-0.1, -0.05) is 0 Å². The highest BCUT2D eigenvalue weighted by Gasteiger charge is 2.00. The van der Waals surface area contributed by atoms with Crippen molar-refractivity contribution in [1.82, 2.24) is 4.98 Å². The van der Waals surface area contributed by atoms with Crippen LogP contribution in [-0.4, -0.2) is 11.2 Å². The highest BCUT2D eigenvalue weighted by molar-refractivity contribution is 7.98. The second-order valence-electron chi connectivity index (χ2n) is 2.47. The zero-order valence-electron chi connectivity index (χ0n) is 6.89. The third-order valence-electron chi connectivity index (χ3n) is 1.72. The van der Waals surface area contributed by atoms with E-state index in [0.29, 0.717) is 0 Å². The molecule has 0 amide bonds. The second kappa shape index (κ2) is 3.13. The highest BCUT2D eigenvalue weighted by atomic mass is 32.2. The number of aryl methyl sites for hydroxylation is 1. The van der Waals surface area contributed by atoms with Crippen molar-refractivity contribution in [1.29, 1.82) is 0 Å². The van der Waals surface area contributed by atoms with Gasteiger partial charge >= 0.3 is 0 Å². The van der Waals surface area contributed by atoms with Crippen LogP contribution < -0.4 is 5.56 Å². The van der Waals surface area contributed by atoms with Gasteiger partial charge in [0.15, 0.2) is 0 Å². The number of hydrogen-bond acceptors (Lipinski definition) is 2. The highest BCUT2D eigenvalue weighted by Crippen LogP contribution is 2.16. The van der Waals surface area contributed by atoms with E-state index in [0.717, 1.165) is 16.2 Å². The minimum Gasteiger partial charge on any atom is -0.317 e. The Morgan fingerprint density at radius 1 is 1.45 bits per heavy atom. The van der Waals surface area contributed by atoms with Crippen molar-refractivity contribution in [3.05, 3.63) is 27.5 Å². The van der Waals surface area contributed by atoms with Gasteiger partial charge in [-0.25, -0.2) is 0 Å². The Morgan fingerprint density at radius 3 is 2.64 bits per heavy atom. The van der Waals surface area contributed by atoms with Crippen LogP contribution in [0.15, 0.2) is 15.9 Å². The van der Waals surface area contributed by atoms with E-state index in [4.69, 9.17) is 0 Å². The molecule has 11 heavy (non-hydrogen) atoms. The van der Waals surface area contributed by atoms with Gasteiger partial charge in [0.2, 0.25) is 5.56 Å². The number of nitrogens with one attached hydrogen (secondary N) is 1. The molecule has 0 aliphatic heterocycles. The van der Waals surface area contributed by atoms with Crippen molar-refractivity contribution in [2.24, 2.45) is 0 Å². The molecule has 1 aromatic heterocycles. The normalized spacial score (nSPS) is 10.1. The minimum absolute atomic E-state index is 0.0162. The number of aromatic amines is 1. The first-order chi connectivity index (χ1) is 5.15. The molecule has 0 fully saturated rings. The fraction of sp³-hybridized carbons (Fsp3) is 0.375. The molecular formula is C8H11NOS. The smallest absolute Gasteiger partial charge is 0.249 e. The van der Waals surface area contributed by atoms with E-state index in [2.05, 4.69) is 4.98 Å². The van der Waals surface area contributed by atoms with E-state index >= 15 is 0 Å². The molecule has 1 aromatic rings. The fourth-order valence-corrected chi connectivity index (χ4v) is 1.60. The first-order valence-electron chi connectivity index (χ1n) is 3.39. The Kier molecular flexibility index (Phi) is 2.39. The van der Waals surface area contributed by atoms with Crippen molar-refractivity contribution < 1.29 is 0 Å². The molecule has 0 radical (unpaired) electrons. The molecule has 0 aliphatic rings. The molecule has 0 saturated heterocycles. The topological polar surface area (TPSA) is 32.9 Å². The van der Waals surface area contributed by atoms with Crippen LogP contribution in [0.4, 0.5) is 0 Å². The van der Waals surface area contributed by atoms with E-state index < -0.39 is 0 Å². The van der Waals surface area contributed by atoms with Crippen LogP contribution in [0.5, 0.6) is 0 Å².